The molecule has 0 fully saturated rings. The third kappa shape index (κ3) is 10.9. The molecule has 0 radical (unpaired) electrons. The highest BCUT2D eigenvalue weighted by Crippen LogP contribution is 2.12. The van der Waals surface area contributed by atoms with E-state index in [-0.39, 0.29) is 25.0 Å². The minimum Gasteiger partial charge on any atom is -0.508 e. The molecule has 0 aliphatic heterocycles. The standard InChI is InChI=1S/C22H33N5O8S/c1-36-9-8-14(23)19(31)26-16(10-12-2-4-13(29)5-3-12)21(33)25-15(6-7-18(24)30)20(32)27-17(11-28)22(34)35/h2-5,14-17,28-29H,6-11,23H2,1H3,(H2,24,30)(H,25,33)(H,26,31)(H,27,32)(H,34,35). The highest BCUT2D eigenvalue weighted by molar-refractivity contribution is 7.98. The van der Waals surface area contributed by atoms with Crippen LogP contribution < -0.4 is 27.4 Å². The summed E-state index contributed by atoms with van der Waals surface area (Å²) in [6, 6.07) is 0.800. The lowest BCUT2D eigenvalue weighted by atomic mass is 10.0. The van der Waals surface area contributed by atoms with Crippen molar-refractivity contribution in [2.24, 2.45) is 11.5 Å². The molecule has 0 heterocycles. The molecule has 0 aromatic heterocycles. The molecule has 4 amide bonds. The zero-order valence-corrected chi connectivity index (χ0v) is 20.6. The molecule has 0 aliphatic carbocycles. The van der Waals surface area contributed by atoms with Gasteiger partial charge in [-0.1, -0.05) is 12.1 Å². The number of carbonyl (C=O) groups excluding carboxylic acids is 4. The number of aromatic hydroxyl groups is 1. The number of thioether (sulfide) groups is 1. The van der Waals surface area contributed by atoms with Crippen LogP contribution in [0.5, 0.6) is 5.75 Å². The summed E-state index contributed by atoms with van der Waals surface area (Å²) in [7, 11) is 0. The fraction of sp³-hybridized carbons (Fsp3) is 0.500. The predicted molar refractivity (Wildman–Crippen MR) is 132 cm³/mol. The number of amides is 4. The van der Waals surface area contributed by atoms with E-state index in [1.165, 1.54) is 23.9 Å². The van der Waals surface area contributed by atoms with Gasteiger partial charge in [0.2, 0.25) is 23.6 Å². The van der Waals surface area contributed by atoms with E-state index in [1.54, 1.807) is 12.1 Å². The van der Waals surface area contributed by atoms with Crippen LogP contribution in [-0.4, -0.2) is 87.7 Å². The number of aliphatic carboxylic acids is 1. The van der Waals surface area contributed by atoms with E-state index in [0.717, 1.165) is 0 Å². The number of aliphatic hydroxyl groups excluding tert-OH is 1. The number of benzene rings is 1. The number of carbonyl (C=O) groups is 5. The van der Waals surface area contributed by atoms with Crippen LogP contribution in [0.25, 0.3) is 0 Å². The molecule has 13 nitrogen and oxygen atoms in total. The maximum atomic E-state index is 13.2. The summed E-state index contributed by atoms with van der Waals surface area (Å²) < 4.78 is 0. The maximum absolute atomic E-state index is 13.2. The van der Waals surface area contributed by atoms with Gasteiger partial charge in [-0.05, 0) is 42.5 Å². The lowest BCUT2D eigenvalue weighted by Gasteiger charge is -2.25. The molecule has 1 rings (SSSR count). The number of carboxylic acids is 1. The number of phenolic OH excluding ortho intramolecular Hbond substituents is 1. The summed E-state index contributed by atoms with van der Waals surface area (Å²) >= 11 is 1.50. The Balaban J connectivity index is 3.11. The predicted octanol–water partition coefficient (Wildman–Crippen LogP) is -2.19. The van der Waals surface area contributed by atoms with E-state index in [2.05, 4.69) is 16.0 Å². The van der Waals surface area contributed by atoms with Gasteiger partial charge in [-0.3, -0.25) is 19.2 Å². The summed E-state index contributed by atoms with van der Waals surface area (Å²) in [6.07, 6.45) is 1.64. The molecule has 14 heteroatoms. The minimum atomic E-state index is -1.63. The van der Waals surface area contributed by atoms with Crippen LogP contribution in [0.3, 0.4) is 0 Å². The molecule has 0 saturated heterocycles. The van der Waals surface area contributed by atoms with Crippen LogP contribution in [0.15, 0.2) is 24.3 Å². The van der Waals surface area contributed by atoms with Gasteiger partial charge >= 0.3 is 5.97 Å². The Kier molecular flexibility index (Phi) is 13.3. The van der Waals surface area contributed by atoms with Gasteiger partial charge in [-0.2, -0.15) is 11.8 Å². The molecule has 4 unspecified atom stereocenters. The quantitative estimate of drug-likeness (QED) is 0.116. The zero-order chi connectivity index (χ0) is 27.3. The third-order valence-electron chi connectivity index (χ3n) is 5.09. The Bertz CT molecular complexity index is 914. The average Bonchev–Trinajstić information content (AvgIpc) is 2.83. The average molecular weight is 528 g/mol. The number of phenols is 1. The summed E-state index contributed by atoms with van der Waals surface area (Å²) in [5, 5.41) is 34.8. The van der Waals surface area contributed by atoms with Crippen LogP contribution in [0.2, 0.25) is 0 Å². The topological polar surface area (TPSA) is 234 Å². The highest BCUT2D eigenvalue weighted by atomic mass is 32.2. The summed E-state index contributed by atoms with van der Waals surface area (Å²) in [5.74, 6) is -3.98. The SMILES string of the molecule is CSCCC(N)C(=O)NC(Cc1ccc(O)cc1)C(=O)NC(CCC(N)=O)C(=O)NC(CO)C(=O)O. The molecule has 0 saturated carbocycles. The van der Waals surface area contributed by atoms with Gasteiger partial charge in [0.25, 0.3) is 0 Å². The number of nitrogens with two attached hydrogens (primary N) is 2. The number of primary amides is 1. The number of aliphatic hydroxyl groups is 1. The van der Waals surface area contributed by atoms with Crippen molar-refractivity contribution in [2.45, 2.75) is 49.9 Å². The van der Waals surface area contributed by atoms with Crippen molar-refractivity contribution >= 4 is 41.4 Å². The number of hydrogen-bond donors (Lipinski definition) is 8. The highest BCUT2D eigenvalue weighted by Gasteiger charge is 2.30. The van der Waals surface area contributed by atoms with E-state index in [0.29, 0.717) is 17.7 Å². The Hall–Kier alpha value is -3.36. The van der Waals surface area contributed by atoms with Gasteiger partial charge in [0, 0.05) is 12.8 Å². The summed E-state index contributed by atoms with van der Waals surface area (Å²) in [6.45, 7) is -0.898. The van der Waals surface area contributed by atoms with Gasteiger partial charge in [0.1, 0.15) is 23.9 Å². The van der Waals surface area contributed by atoms with Gasteiger partial charge < -0.3 is 42.7 Å². The van der Waals surface area contributed by atoms with Crippen molar-refractivity contribution in [3.63, 3.8) is 0 Å². The number of carboxylic acid groups (broad SMARTS) is 1. The Labute approximate surface area is 212 Å². The molecule has 1 aromatic carbocycles. The van der Waals surface area contributed by atoms with E-state index < -0.39 is 60.4 Å². The number of hydrogen-bond acceptors (Lipinski definition) is 9. The van der Waals surface area contributed by atoms with Crippen molar-refractivity contribution in [3.8, 4) is 5.75 Å². The second kappa shape index (κ2) is 15.6. The van der Waals surface area contributed by atoms with Crippen LogP contribution in [0.1, 0.15) is 24.8 Å². The van der Waals surface area contributed by atoms with Crippen molar-refractivity contribution < 1.29 is 39.3 Å². The van der Waals surface area contributed by atoms with Gasteiger partial charge in [-0.25, -0.2) is 4.79 Å². The molecule has 0 spiro atoms. The van der Waals surface area contributed by atoms with Crippen molar-refractivity contribution in [1.29, 1.82) is 0 Å². The Morgan fingerprint density at radius 3 is 2.00 bits per heavy atom. The van der Waals surface area contributed by atoms with Gasteiger partial charge in [0.15, 0.2) is 0 Å². The largest absolute Gasteiger partial charge is 0.508 e. The molecule has 200 valence electrons. The van der Waals surface area contributed by atoms with E-state index in [1.807, 2.05) is 6.26 Å². The van der Waals surface area contributed by atoms with Crippen molar-refractivity contribution in [3.05, 3.63) is 29.8 Å². The fourth-order valence-electron chi connectivity index (χ4n) is 3.02. The normalized spacial score (nSPS) is 14.1. The molecule has 1 aromatic rings. The third-order valence-corrected chi connectivity index (χ3v) is 5.73. The molecular weight excluding hydrogens is 494 g/mol. The first-order valence-electron chi connectivity index (χ1n) is 11.0. The molecule has 4 atom stereocenters. The van der Waals surface area contributed by atoms with Crippen LogP contribution in [-0.2, 0) is 30.4 Å². The maximum Gasteiger partial charge on any atom is 0.328 e. The minimum absolute atomic E-state index is 0.00271. The smallest absolute Gasteiger partial charge is 0.328 e. The summed E-state index contributed by atoms with van der Waals surface area (Å²) in [4.78, 5) is 60.8. The Morgan fingerprint density at radius 1 is 0.917 bits per heavy atom. The van der Waals surface area contributed by atoms with Gasteiger partial charge in [0.05, 0.1) is 12.6 Å². The first-order valence-corrected chi connectivity index (χ1v) is 12.4. The molecule has 0 aliphatic rings. The number of nitrogens with one attached hydrogen (secondary N) is 3. The Morgan fingerprint density at radius 2 is 1.47 bits per heavy atom. The molecular formula is C22H33N5O8S. The first kappa shape index (κ1) is 30.7. The first-order chi connectivity index (χ1) is 17.0. The van der Waals surface area contributed by atoms with Crippen LogP contribution in [0, 0.1) is 0 Å². The molecule has 10 N–H and O–H groups in total. The van der Waals surface area contributed by atoms with Crippen LogP contribution >= 0.6 is 11.8 Å². The lowest BCUT2D eigenvalue weighted by Crippen LogP contribution is -2.58. The molecule has 36 heavy (non-hydrogen) atoms. The van der Waals surface area contributed by atoms with Crippen molar-refractivity contribution in [1.82, 2.24) is 16.0 Å². The second-order valence-corrected chi connectivity index (χ2v) is 8.95. The fourth-order valence-corrected chi connectivity index (χ4v) is 3.51. The summed E-state index contributed by atoms with van der Waals surface area (Å²) in [5.41, 5.74) is 11.6. The number of rotatable bonds is 16. The zero-order valence-electron chi connectivity index (χ0n) is 19.8. The van der Waals surface area contributed by atoms with Crippen molar-refractivity contribution in [2.75, 3.05) is 18.6 Å². The second-order valence-electron chi connectivity index (χ2n) is 7.97. The van der Waals surface area contributed by atoms with E-state index in [9.17, 15) is 34.2 Å². The van der Waals surface area contributed by atoms with Crippen LogP contribution in [0.4, 0.5) is 0 Å². The van der Waals surface area contributed by atoms with E-state index >= 15 is 0 Å². The lowest BCUT2D eigenvalue weighted by molar-refractivity contribution is -0.143. The molecule has 0 bridgehead atoms. The van der Waals surface area contributed by atoms with E-state index in [4.69, 9.17) is 16.6 Å². The monoisotopic (exact) mass is 527 g/mol. The van der Waals surface area contributed by atoms with Gasteiger partial charge in [-0.15, -0.1) is 0 Å².